The van der Waals surface area contributed by atoms with Crippen LogP contribution in [0, 0.1) is 11.8 Å². The highest BCUT2D eigenvalue weighted by Crippen LogP contribution is 2.64. The van der Waals surface area contributed by atoms with E-state index in [9.17, 15) is 0 Å². The van der Waals surface area contributed by atoms with Gasteiger partial charge in [-0.05, 0) is 143 Å². The number of hydrogen-bond acceptors (Lipinski definition) is 0. The molecule has 0 spiro atoms. The molecule has 0 amide bonds. The molecule has 0 radical (unpaired) electrons. The second-order valence-corrected chi connectivity index (χ2v) is 17.4. The fourth-order valence-corrected chi connectivity index (χ4v) is 10.5. The lowest BCUT2D eigenvalue weighted by Crippen LogP contribution is -2.50. The van der Waals surface area contributed by atoms with Crippen LogP contribution in [0.15, 0.2) is 174 Å². The molecule has 4 atom stereocenters. The predicted molar refractivity (Wildman–Crippen MR) is 254 cm³/mol. The fourth-order valence-electron chi connectivity index (χ4n) is 9.06. The molecule has 5 rings (SSSR count). The Hall–Kier alpha value is -4.34. The predicted octanol–water partition coefficient (Wildman–Crippen LogP) is 13.5. The van der Waals surface area contributed by atoms with Gasteiger partial charge in [-0.25, -0.2) is 0 Å². The van der Waals surface area contributed by atoms with E-state index in [2.05, 4.69) is 144 Å². The zero-order valence-electron chi connectivity index (χ0n) is 33.6. The third kappa shape index (κ3) is 9.26. The molecule has 0 aromatic heterocycles. The lowest BCUT2D eigenvalue weighted by molar-refractivity contribution is 0.109. The third-order valence-electron chi connectivity index (χ3n) is 11.6. The Morgan fingerprint density at radius 1 is 0.339 bits per heavy atom. The topological polar surface area (TPSA) is 0 Å². The number of rotatable bonds is 22. The van der Waals surface area contributed by atoms with Crippen molar-refractivity contribution < 1.29 is 0 Å². The van der Waals surface area contributed by atoms with Crippen molar-refractivity contribution in [3.05, 3.63) is 241 Å². The van der Waals surface area contributed by atoms with Gasteiger partial charge in [-0.1, -0.05) is 121 Å². The van der Waals surface area contributed by atoms with Crippen molar-refractivity contribution in [3.63, 3.8) is 0 Å². The zero-order valence-corrected chi connectivity index (χ0v) is 35.9. The summed E-state index contributed by atoms with van der Waals surface area (Å²) in [6.45, 7) is 33.0. The summed E-state index contributed by atoms with van der Waals surface area (Å²) in [5.41, 5.74) is 15.5. The number of hydrogen-bond donors (Lipinski definition) is 0. The smallest absolute Gasteiger partial charge is 0.0376 e. The monoisotopic (exact) mass is 772 g/mol. The Balaban J connectivity index is 1.87. The molecule has 4 aromatic carbocycles. The van der Waals surface area contributed by atoms with Crippen LogP contribution in [0.1, 0.15) is 79.6 Å². The van der Waals surface area contributed by atoms with Crippen LogP contribution in [-0.2, 0) is 61.7 Å². The normalized spacial score (nSPS) is 15.2. The van der Waals surface area contributed by atoms with Gasteiger partial charge in [0.1, 0.15) is 0 Å². The highest BCUT2D eigenvalue weighted by Gasteiger charge is 2.55. The molecule has 1 saturated carbocycles. The summed E-state index contributed by atoms with van der Waals surface area (Å²) in [5, 5.41) is -0.813. The summed E-state index contributed by atoms with van der Waals surface area (Å²) in [6.07, 6.45) is 24.8. The van der Waals surface area contributed by atoms with E-state index in [4.69, 9.17) is 0 Å². The molecule has 1 fully saturated rings. The van der Waals surface area contributed by atoms with Gasteiger partial charge in [0, 0.05) is 10.3 Å². The maximum absolute atomic E-state index is 4.13. The highest BCUT2D eigenvalue weighted by atomic mass is 31.0. The largest absolute Gasteiger partial charge is 0.121 e. The van der Waals surface area contributed by atoms with Gasteiger partial charge in [-0.3, -0.25) is 0 Å². The summed E-state index contributed by atoms with van der Waals surface area (Å²) in [7, 11) is 6.98. The Morgan fingerprint density at radius 2 is 0.500 bits per heavy atom. The first-order valence-corrected chi connectivity index (χ1v) is 21.2. The maximum Gasteiger partial charge on any atom is 0.0376 e. The van der Waals surface area contributed by atoms with Crippen molar-refractivity contribution >= 4 is 18.5 Å². The second kappa shape index (κ2) is 19.7. The van der Waals surface area contributed by atoms with E-state index in [1.165, 1.54) is 66.8 Å². The first kappa shape index (κ1) is 42.8. The minimum atomic E-state index is -0.406. The minimum absolute atomic E-state index is 0.271. The molecule has 0 nitrogen and oxygen atoms in total. The Morgan fingerprint density at radius 3 is 0.625 bits per heavy atom. The van der Waals surface area contributed by atoms with Gasteiger partial charge < -0.3 is 0 Å². The molecular formula is C54H62P2. The SMILES string of the molecule is C=CCc1cc(CC=C)cc(C(P)(c2cc(CC=C)cc(CC=C)c2)C2CCC2C(P)(c2cc(CC=C)cc(CC=C)c2)c2cc(CC=C)cc(CC=C)c2)c1. The van der Waals surface area contributed by atoms with Gasteiger partial charge in [-0.15, -0.1) is 71.1 Å². The summed E-state index contributed by atoms with van der Waals surface area (Å²) in [6, 6.07) is 28.8. The molecule has 4 aromatic rings. The highest BCUT2D eigenvalue weighted by molar-refractivity contribution is 7.19. The van der Waals surface area contributed by atoms with Gasteiger partial charge in [0.2, 0.25) is 0 Å². The van der Waals surface area contributed by atoms with Gasteiger partial charge >= 0.3 is 0 Å². The van der Waals surface area contributed by atoms with E-state index >= 15 is 0 Å². The van der Waals surface area contributed by atoms with Crippen LogP contribution in [0.3, 0.4) is 0 Å². The quantitative estimate of drug-likeness (QED) is 0.0551. The number of allylic oxidation sites excluding steroid dienone is 8. The molecule has 1 aliphatic carbocycles. The standard InChI is InChI=1S/C54H62P2/c1-9-17-39-27-40(18-10-2)32-47(31-39)53(55,48-33-41(19-11-3)28-42(34-48)20-12-4)51-25-26-52(51)54(56,49-35-43(21-13-5)29-44(36-49)22-14-6)50-37-45(23-15-7)30-46(38-50)24-16-8/h9-16,27-38,51-52H,1-8,17-26,55-56H2. The van der Waals surface area contributed by atoms with Gasteiger partial charge in [0.05, 0.1) is 0 Å². The molecular weight excluding hydrogens is 711 g/mol. The maximum atomic E-state index is 4.13. The molecule has 0 aliphatic heterocycles. The number of benzene rings is 4. The molecule has 0 N–H and O–H groups in total. The van der Waals surface area contributed by atoms with Crippen molar-refractivity contribution in [2.75, 3.05) is 0 Å². The first-order chi connectivity index (χ1) is 27.1. The molecule has 0 bridgehead atoms. The second-order valence-electron chi connectivity index (χ2n) is 15.6. The van der Waals surface area contributed by atoms with Crippen molar-refractivity contribution in [2.24, 2.45) is 11.8 Å². The average molecular weight is 773 g/mol. The van der Waals surface area contributed by atoms with Gasteiger partial charge in [-0.2, -0.15) is 0 Å². The van der Waals surface area contributed by atoms with Crippen LogP contribution >= 0.6 is 18.5 Å². The van der Waals surface area contributed by atoms with E-state index in [0.717, 1.165) is 64.2 Å². The van der Waals surface area contributed by atoms with Crippen LogP contribution in [-0.4, -0.2) is 0 Å². The summed E-state index contributed by atoms with van der Waals surface area (Å²) in [4.78, 5) is 0. The fraction of sp³-hybridized carbons (Fsp3) is 0.259. The van der Waals surface area contributed by atoms with E-state index in [0.29, 0.717) is 0 Å². The molecule has 0 saturated heterocycles. The Labute approximate surface area is 344 Å². The van der Waals surface area contributed by atoms with Crippen molar-refractivity contribution in [2.45, 2.75) is 74.5 Å². The minimum Gasteiger partial charge on any atom is -0.121 e. The average Bonchev–Trinajstić information content (AvgIpc) is 3.15. The molecule has 56 heavy (non-hydrogen) atoms. The molecule has 1 aliphatic rings. The van der Waals surface area contributed by atoms with Crippen LogP contribution in [0.5, 0.6) is 0 Å². The van der Waals surface area contributed by atoms with Crippen LogP contribution in [0.2, 0.25) is 0 Å². The summed E-state index contributed by atoms with van der Waals surface area (Å²) < 4.78 is 0. The van der Waals surface area contributed by atoms with E-state index < -0.39 is 10.3 Å². The molecule has 4 unspecified atom stereocenters. The van der Waals surface area contributed by atoms with E-state index in [1.807, 2.05) is 48.6 Å². The van der Waals surface area contributed by atoms with Crippen LogP contribution < -0.4 is 0 Å². The van der Waals surface area contributed by atoms with Crippen LogP contribution in [0.25, 0.3) is 0 Å². The van der Waals surface area contributed by atoms with Gasteiger partial charge in [0.15, 0.2) is 0 Å². The summed E-state index contributed by atoms with van der Waals surface area (Å²) in [5.74, 6) is 0.543. The lowest BCUT2D eigenvalue weighted by atomic mass is 9.55. The summed E-state index contributed by atoms with van der Waals surface area (Å²) >= 11 is 0. The van der Waals surface area contributed by atoms with E-state index in [1.54, 1.807) is 0 Å². The lowest BCUT2D eigenvalue weighted by Gasteiger charge is -2.56. The zero-order chi connectivity index (χ0) is 40.3. The first-order valence-electron chi connectivity index (χ1n) is 20.1. The van der Waals surface area contributed by atoms with Crippen LogP contribution in [0.4, 0.5) is 0 Å². The van der Waals surface area contributed by atoms with Crippen molar-refractivity contribution in [3.8, 4) is 0 Å². The van der Waals surface area contributed by atoms with E-state index in [-0.39, 0.29) is 11.8 Å². The molecule has 288 valence electrons. The Kier molecular flexibility index (Phi) is 15.0. The third-order valence-corrected chi connectivity index (χ3v) is 13.8. The molecule has 0 heterocycles. The Bertz CT molecular complexity index is 1710. The van der Waals surface area contributed by atoms with Gasteiger partial charge in [0.25, 0.3) is 0 Å². The molecule has 2 heteroatoms. The van der Waals surface area contributed by atoms with Crippen molar-refractivity contribution in [1.29, 1.82) is 0 Å². The van der Waals surface area contributed by atoms with Crippen molar-refractivity contribution in [1.82, 2.24) is 0 Å².